The number of rotatable bonds is 7. The summed E-state index contributed by atoms with van der Waals surface area (Å²) in [6.45, 7) is 11.6. The Labute approximate surface area is 174 Å². The molecule has 2 rings (SSSR count). The third kappa shape index (κ3) is 5.96. The monoisotopic (exact) mass is 423 g/mol. The first-order valence-corrected chi connectivity index (χ1v) is 12.8. The molecule has 8 heteroatoms. The largest absolute Gasteiger partial charge is 0.493 e. The van der Waals surface area contributed by atoms with E-state index in [1.807, 2.05) is 0 Å². The van der Waals surface area contributed by atoms with E-state index >= 15 is 0 Å². The summed E-state index contributed by atoms with van der Waals surface area (Å²) >= 11 is 0. The van der Waals surface area contributed by atoms with Gasteiger partial charge >= 0.3 is 12.1 Å². The molecule has 1 heterocycles. The summed E-state index contributed by atoms with van der Waals surface area (Å²) < 4.78 is 16.9. The zero-order valence-electron chi connectivity index (χ0n) is 18.2. The lowest BCUT2D eigenvalue weighted by atomic mass is 10.1. The molecule has 0 spiro atoms. The molecule has 0 aliphatic carbocycles. The molecule has 0 bridgehead atoms. The van der Waals surface area contributed by atoms with Crippen LogP contribution >= 0.6 is 0 Å². The van der Waals surface area contributed by atoms with Crippen molar-refractivity contribution in [1.29, 1.82) is 0 Å². The molecule has 1 N–H and O–H groups in total. The molecule has 1 aliphatic heterocycles. The first-order valence-electron chi connectivity index (χ1n) is 9.93. The van der Waals surface area contributed by atoms with E-state index in [4.69, 9.17) is 13.9 Å². The number of esters is 1. The van der Waals surface area contributed by atoms with E-state index in [9.17, 15) is 14.7 Å². The summed E-state index contributed by atoms with van der Waals surface area (Å²) in [4.78, 5) is 24.8. The van der Waals surface area contributed by atoms with Crippen molar-refractivity contribution in [3.8, 4) is 5.75 Å². The van der Waals surface area contributed by atoms with Crippen LogP contribution in [0.1, 0.15) is 44.0 Å². The van der Waals surface area contributed by atoms with Gasteiger partial charge in [0.25, 0.3) is 0 Å². The Kier molecular flexibility index (Phi) is 7.34. The summed E-state index contributed by atoms with van der Waals surface area (Å²) in [6.07, 6.45) is 0.222. The van der Waals surface area contributed by atoms with Gasteiger partial charge in [0, 0.05) is 19.0 Å². The van der Waals surface area contributed by atoms with E-state index in [1.54, 1.807) is 24.3 Å². The number of hydrogen-bond donors (Lipinski definition) is 1. The van der Waals surface area contributed by atoms with Crippen molar-refractivity contribution < 1.29 is 28.6 Å². The third-order valence-electron chi connectivity index (χ3n) is 5.86. The standard InChI is InChI=1S/C21H33NO6Si/c1-21(2,3)29(5,6)28-18-13-16(22(14-18)20(24)25)10-11-27-17-9-7-8-15(12-17)19(23)26-4/h7-9,12,16,18H,10-11,13-14H2,1-6H3,(H,24,25)/t16-,18+/m0/s1. The molecule has 0 saturated carbocycles. The fourth-order valence-electron chi connectivity index (χ4n) is 3.20. The molecule has 1 aromatic carbocycles. The molecule has 1 aromatic rings. The predicted molar refractivity (Wildman–Crippen MR) is 113 cm³/mol. The van der Waals surface area contributed by atoms with Crippen LogP contribution < -0.4 is 4.74 Å². The third-order valence-corrected chi connectivity index (χ3v) is 10.4. The average Bonchev–Trinajstić information content (AvgIpc) is 3.02. The lowest BCUT2D eigenvalue weighted by molar-refractivity contribution is 0.0600. The molecule has 0 radical (unpaired) electrons. The first kappa shape index (κ1) is 23.2. The van der Waals surface area contributed by atoms with Crippen LogP contribution in [0.2, 0.25) is 18.1 Å². The van der Waals surface area contributed by atoms with Crippen LogP contribution in [-0.4, -0.2) is 62.8 Å². The van der Waals surface area contributed by atoms with Gasteiger partial charge in [0.05, 0.1) is 25.4 Å². The molecule has 0 aromatic heterocycles. The van der Waals surface area contributed by atoms with E-state index < -0.39 is 20.4 Å². The normalized spacial score (nSPS) is 19.9. The molecular formula is C21H33NO6Si. The van der Waals surface area contributed by atoms with Gasteiger partial charge in [0.15, 0.2) is 8.32 Å². The zero-order valence-corrected chi connectivity index (χ0v) is 19.2. The summed E-state index contributed by atoms with van der Waals surface area (Å²) in [5, 5.41) is 9.67. The van der Waals surface area contributed by atoms with Crippen LogP contribution in [0.3, 0.4) is 0 Å². The van der Waals surface area contributed by atoms with Crippen LogP contribution in [0.4, 0.5) is 4.79 Å². The number of carbonyl (C=O) groups is 2. The number of benzene rings is 1. The second-order valence-corrected chi connectivity index (χ2v) is 13.7. The highest BCUT2D eigenvalue weighted by atomic mass is 28.4. The number of likely N-dealkylation sites (tertiary alicyclic amines) is 1. The van der Waals surface area contributed by atoms with Gasteiger partial charge in [-0.25, -0.2) is 9.59 Å². The summed E-state index contributed by atoms with van der Waals surface area (Å²) in [5.41, 5.74) is 0.417. The molecule has 1 saturated heterocycles. The van der Waals surface area contributed by atoms with Gasteiger partial charge in [0.2, 0.25) is 0 Å². The van der Waals surface area contributed by atoms with Crippen LogP contribution in [0.25, 0.3) is 0 Å². The maximum absolute atomic E-state index is 11.7. The molecule has 7 nitrogen and oxygen atoms in total. The molecule has 1 aliphatic rings. The second-order valence-electron chi connectivity index (χ2n) is 8.98. The number of carboxylic acid groups (broad SMARTS) is 1. The van der Waals surface area contributed by atoms with Crippen molar-refractivity contribution >= 4 is 20.4 Å². The lowest BCUT2D eigenvalue weighted by Crippen LogP contribution is -2.44. The molecule has 1 amide bonds. The fourth-order valence-corrected chi connectivity index (χ4v) is 4.56. The van der Waals surface area contributed by atoms with E-state index in [-0.39, 0.29) is 17.2 Å². The molecular weight excluding hydrogens is 390 g/mol. The quantitative estimate of drug-likeness (QED) is 0.517. The summed E-state index contributed by atoms with van der Waals surface area (Å²) in [6, 6.07) is 6.62. The molecule has 162 valence electrons. The Balaban J connectivity index is 1.95. The number of hydrogen-bond acceptors (Lipinski definition) is 5. The summed E-state index contributed by atoms with van der Waals surface area (Å²) in [7, 11) is -0.631. The van der Waals surface area contributed by atoms with Gasteiger partial charge < -0.3 is 23.9 Å². The van der Waals surface area contributed by atoms with Gasteiger partial charge in [-0.15, -0.1) is 0 Å². The van der Waals surface area contributed by atoms with Crippen LogP contribution in [0.15, 0.2) is 24.3 Å². The topological polar surface area (TPSA) is 85.3 Å². The number of ether oxygens (including phenoxy) is 2. The maximum Gasteiger partial charge on any atom is 0.407 e. The second kappa shape index (κ2) is 9.17. The lowest BCUT2D eigenvalue weighted by Gasteiger charge is -2.38. The Morgan fingerprint density at radius 1 is 1.28 bits per heavy atom. The number of carbonyl (C=O) groups excluding carboxylic acids is 1. The fraction of sp³-hybridized carbons (Fsp3) is 0.619. The Morgan fingerprint density at radius 3 is 2.55 bits per heavy atom. The summed E-state index contributed by atoms with van der Waals surface area (Å²) in [5.74, 6) is 0.135. The van der Waals surface area contributed by atoms with Gasteiger partial charge in [-0.2, -0.15) is 0 Å². The van der Waals surface area contributed by atoms with Crippen LogP contribution in [0, 0.1) is 0 Å². The number of amides is 1. The minimum atomic E-state index is -1.96. The van der Waals surface area contributed by atoms with Crippen molar-refractivity contribution in [2.45, 2.75) is 63.9 Å². The van der Waals surface area contributed by atoms with E-state index in [0.717, 1.165) is 0 Å². The number of nitrogens with zero attached hydrogens (tertiary/aromatic N) is 1. The van der Waals surface area contributed by atoms with E-state index in [2.05, 4.69) is 33.9 Å². The van der Waals surface area contributed by atoms with E-state index in [0.29, 0.717) is 37.3 Å². The number of methoxy groups -OCH3 is 1. The molecule has 29 heavy (non-hydrogen) atoms. The van der Waals surface area contributed by atoms with Gasteiger partial charge in [-0.1, -0.05) is 26.8 Å². The van der Waals surface area contributed by atoms with Gasteiger partial charge in [0.1, 0.15) is 5.75 Å². The van der Waals surface area contributed by atoms with E-state index in [1.165, 1.54) is 12.0 Å². The van der Waals surface area contributed by atoms with Crippen molar-refractivity contribution in [2.75, 3.05) is 20.3 Å². The van der Waals surface area contributed by atoms with Crippen LogP contribution in [0.5, 0.6) is 5.75 Å². The first-order chi connectivity index (χ1) is 13.4. The van der Waals surface area contributed by atoms with Crippen molar-refractivity contribution in [3.63, 3.8) is 0 Å². The zero-order chi connectivity index (χ0) is 21.8. The van der Waals surface area contributed by atoms with Crippen molar-refractivity contribution in [2.24, 2.45) is 0 Å². The molecule has 0 unspecified atom stereocenters. The van der Waals surface area contributed by atoms with Crippen LogP contribution in [-0.2, 0) is 9.16 Å². The van der Waals surface area contributed by atoms with Crippen molar-refractivity contribution in [1.82, 2.24) is 4.90 Å². The minimum Gasteiger partial charge on any atom is -0.493 e. The average molecular weight is 424 g/mol. The molecule has 1 fully saturated rings. The van der Waals surface area contributed by atoms with Gasteiger partial charge in [-0.3, -0.25) is 0 Å². The predicted octanol–water partition coefficient (Wildman–Crippen LogP) is 4.38. The minimum absolute atomic E-state index is 0.0763. The molecule has 2 atom stereocenters. The Bertz CT molecular complexity index is 730. The highest BCUT2D eigenvalue weighted by Gasteiger charge is 2.43. The SMILES string of the molecule is COC(=O)c1cccc(OCC[C@H]2C[C@@H](O[Si](C)(C)C(C)(C)C)CN2C(=O)O)c1. The maximum atomic E-state index is 11.7. The Hall–Kier alpha value is -2.06. The highest BCUT2D eigenvalue weighted by Crippen LogP contribution is 2.39. The Morgan fingerprint density at radius 2 is 1.97 bits per heavy atom. The van der Waals surface area contributed by atoms with Gasteiger partial charge in [-0.05, 0) is 42.8 Å². The van der Waals surface area contributed by atoms with Crippen molar-refractivity contribution in [3.05, 3.63) is 29.8 Å². The highest BCUT2D eigenvalue weighted by molar-refractivity contribution is 6.74. The smallest absolute Gasteiger partial charge is 0.407 e.